The lowest BCUT2D eigenvalue weighted by Crippen LogP contribution is -2.32. The number of carbonyl (C=O) groups is 1. The molecule has 1 heterocycles. The van der Waals surface area contributed by atoms with Gasteiger partial charge in [0.1, 0.15) is 0 Å². The van der Waals surface area contributed by atoms with Crippen molar-refractivity contribution < 1.29 is 9.90 Å². The molecule has 5 nitrogen and oxygen atoms in total. The van der Waals surface area contributed by atoms with Crippen molar-refractivity contribution in [3.8, 4) is 0 Å². The number of benzene rings is 1. The molecule has 1 aliphatic rings. The van der Waals surface area contributed by atoms with Crippen LogP contribution in [-0.4, -0.2) is 16.1 Å². The quantitative estimate of drug-likeness (QED) is 0.424. The van der Waals surface area contributed by atoms with E-state index in [0.717, 1.165) is 34.9 Å². The topological polar surface area (TPSA) is 79.5 Å². The van der Waals surface area contributed by atoms with Gasteiger partial charge in [0.2, 0.25) is 5.13 Å². The largest absolute Gasteiger partial charge is 0.478 e. The van der Waals surface area contributed by atoms with E-state index in [9.17, 15) is 4.79 Å². The number of fused-ring (bicyclic) bond motifs is 1. The van der Waals surface area contributed by atoms with Gasteiger partial charge in [-0.3, -0.25) is 5.01 Å². The van der Waals surface area contributed by atoms with Crippen LogP contribution in [0.15, 0.2) is 31.4 Å². The molecule has 3 N–H and O–H groups in total. The molecule has 0 amide bonds. The van der Waals surface area contributed by atoms with Crippen LogP contribution in [0.1, 0.15) is 67.0 Å². The molecule has 0 saturated carbocycles. The van der Waals surface area contributed by atoms with Crippen molar-refractivity contribution in [3.05, 3.63) is 53.1 Å². The zero-order chi connectivity index (χ0) is 20.6. The maximum absolute atomic E-state index is 11.1. The first kappa shape index (κ1) is 21.1. The summed E-state index contributed by atoms with van der Waals surface area (Å²) in [4.78, 5) is 17.3. The molecule has 27 heavy (non-hydrogen) atoms. The molecule has 2 aromatic rings. The first-order valence-corrected chi connectivity index (χ1v) is 9.75. The molecule has 0 unspecified atom stereocenters. The molecule has 0 spiro atoms. The van der Waals surface area contributed by atoms with Crippen molar-refractivity contribution in [1.29, 1.82) is 0 Å². The lowest BCUT2D eigenvalue weighted by Gasteiger charge is -2.37. The van der Waals surface area contributed by atoms with Gasteiger partial charge >= 0.3 is 5.97 Å². The minimum atomic E-state index is -0.938. The van der Waals surface area contributed by atoms with E-state index >= 15 is 0 Å². The average Bonchev–Trinajstić information content (AvgIpc) is 3.08. The van der Waals surface area contributed by atoms with Crippen LogP contribution < -0.4 is 10.9 Å². The molecule has 0 fully saturated rings. The van der Waals surface area contributed by atoms with Crippen LogP contribution >= 0.6 is 11.3 Å². The van der Waals surface area contributed by atoms with Crippen LogP contribution in [0.4, 0.5) is 10.8 Å². The van der Waals surface area contributed by atoms with E-state index < -0.39 is 5.97 Å². The average molecular weight is 388 g/mol. The first-order chi connectivity index (χ1) is 12.5. The minimum Gasteiger partial charge on any atom is -0.478 e. The maximum Gasteiger partial charge on any atom is 0.335 e. The van der Waals surface area contributed by atoms with Crippen LogP contribution in [0.5, 0.6) is 0 Å². The number of aromatic carboxylic acids is 1. The molecule has 0 atom stereocenters. The SMILES string of the molecule is C=C.Cc1cc(C(=O)O)ccc1N(N)c1nc2c(s1)C(C)(C)CCC2(C)C. The maximum atomic E-state index is 11.1. The van der Waals surface area contributed by atoms with Crippen LogP contribution in [-0.2, 0) is 10.8 Å². The first-order valence-electron chi connectivity index (χ1n) is 8.93. The summed E-state index contributed by atoms with van der Waals surface area (Å²) in [6.45, 7) is 16.9. The summed E-state index contributed by atoms with van der Waals surface area (Å²) >= 11 is 1.64. The summed E-state index contributed by atoms with van der Waals surface area (Å²) in [7, 11) is 0. The zero-order valence-electron chi connectivity index (χ0n) is 16.8. The Morgan fingerprint density at radius 2 is 1.81 bits per heavy atom. The summed E-state index contributed by atoms with van der Waals surface area (Å²) in [5.74, 6) is 5.43. The van der Waals surface area contributed by atoms with Gasteiger partial charge in [0.15, 0.2) is 0 Å². The van der Waals surface area contributed by atoms with Crippen molar-refractivity contribution in [3.63, 3.8) is 0 Å². The van der Waals surface area contributed by atoms with Gasteiger partial charge in [-0.25, -0.2) is 15.6 Å². The number of hydrogen-bond acceptors (Lipinski definition) is 5. The van der Waals surface area contributed by atoms with E-state index in [1.807, 2.05) is 6.92 Å². The summed E-state index contributed by atoms with van der Waals surface area (Å²) in [6, 6.07) is 4.96. The number of hydrazine groups is 1. The fourth-order valence-corrected chi connectivity index (χ4v) is 4.66. The molecular formula is C21H29N3O2S. The number of rotatable bonds is 3. The second-order valence-electron chi connectivity index (χ2n) is 8.12. The molecule has 1 aliphatic carbocycles. The molecular weight excluding hydrogens is 358 g/mol. The minimum absolute atomic E-state index is 0.0443. The number of anilines is 2. The Labute approximate surface area is 165 Å². The van der Waals surface area contributed by atoms with Crippen molar-refractivity contribution in [1.82, 2.24) is 4.98 Å². The highest BCUT2D eigenvalue weighted by atomic mass is 32.1. The van der Waals surface area contributed by atoms with Gasteiger partial charge in [-0.2, -0.15) is 0 Å². The molecule has 0 aliphatic heterocycles. The third kappa shape index (κ3) is 3.92. The molecule has 0 saturated heterocycles. The van der Waals surface area contributed by atoms with E-state index in [4.69, 9.17) is 15.9 Å². The van der Waals surface area contributed by atoms with Crippen LogP contribution in [0.3, 0.4) is 0 Å². The van der Waals surface area contributed by atoms with Gasteiger partial charge in [0.25, 0.3) is 0 Å². The molecule has 0 radical (unpaired) electrons. The van der Waals surface area contributed by atoms with Gasteiger partial charge in [-0.1, -0.05) is 39.0 Å². The highest BCUT2D eigenvalue weighted by Gasteiger charge is 2.41. The van der Waals surface area contributed by atoms with E-state index in [2.05, 4.69) is 40.9 Å². The second-order valence-corrected chi connectivity index (χ2v) is 9.10. The predicted molar refractivity (Wildman–Crippen MR) is 113 cm³/mol. The highest BCUT2D eigenvalue weighted by molar-refractivity contribution is 7.16. The third-order valence-electron chi connectivity index (χ3n) is 5.16. The number of carboxylic acids is 1. The molecule has 1 aromatic heterocycles. The number of hydrogen-bond donors (Lipinski definition) is 2. The molecule has 6 heteroatoms. The molecule has 0 bridgehead atoms. The smallest absolute Gasteiger partial charge is 0.335 e. The third-order valence-corrected chi connectivity index (χ3v) is 6.58. The number of aromatic nitrogens is 1. The van der Waals surface area contributed by atoms with Crippen molar-refractivity contribution in [2.75, 3.05) is 5.01 Å². The van der Waals surface area contributed by atoms with Gasteiger partial charge < -0.3 is 5.11 Å². The van der Waals surface area contributed by atoms with Gasteiger partial charge in [-0.05, 0) is 43.5 Å². The van der Waals surface area contributed by atoms with Gasteiger partial charge in [0.05, 0.1) is 16.9 Å². The Bertz CT molecular complexity index is 822. The van der Waals surface area contributed by atoms with E-state index in [0.29, 0.717) is 0 Å². The summed E-state index contributed by atoms with van der Waals surface area (Å²) in [6.07, 6.45) is 2.23. The Morgan fingerprint density at radius 1 is 1.22 bits per heavy atom. The van der Waals surface area contributed by atoms with E-state index in [1.165, 1.54) is 4.88 Å². The monoisotopic (exact) mass is 387 g/mol. The lowest BCUT2D eigenvalue weighted by molar-refractivity contribution is 0.0697. The summed E-state index contributed by atoms with van der Waals surface area (Å²) < 4.78 is 0. The van der Waals surface area contributed by atoms with Crippen molar-refractivity contribution in [2.24, 2.45) is 5.84 Å². The Morgan fingerprint density at radius 3 is 2.33 bits per heavy atom. The predicted octanol–water partition coefficient (Wildman–Crippen LogP) is 5.31. The Hall–Kier alpha value is -2.18. The Balaban J connectivity index is 0.00000126. The van der Waals surface area contributed by atoms with E-state index in [-0.39, 0.29) is 16.4 Å². The van der Waals surface area contributed by atoms with Crippen LogP contribution in [0, 0.1) is 6.92 Å². The number of aryl methyl sites for hydroxylation is 1. The lowest BCUT2D eigenvalue weighted by atomic mass is 9.69. The summed E-state index contributed by atoms with van der Waals surface area (Å²) in [5, 5.41) is 11.5. The standard InChI is InChI=1S/C19H25N3O2S.C2H4/c1-11-10-12(16(23)24)6-7-13(11)22(20)17-21-14-15(25-17)19(4,5)9-8-18(14,2)3;1-2/h6-7,10H,8-9,20H2,1-5H3,(H,23,24);1-2H2. The van der Waals surface area contributed by atoms with E-state index in [1.54, 1.807) is 34.5 Å². The number of carboxylic acid groups (broad SMARTS) is 1. The normalized spacial score (nSPS) is 16.7. The highest BCUT2D eigenvalue weighted by Crippen LogP contribution is 2.49. The van der Waals surface area contributed by atoms with Crippen molar-refractivity contribution in [2.45, 2.75) is 58.3 Å². The molecule has 1 aromatic carbocycles. The number of thiazole rings is 1. The van der Waals surface area contributed by atoms with Gasteiger partial charge in [-0.15, -0.1) is 13.2 Å². The molecule has 146 valence electrons. The summed E-state index contributed by atoms with van der Waals surface area (Å²) in [5.41, 5.74) is 3.13. The number of nitrogens with two attached hydrogens (primary N) is 1. The second kappa shape index (κ2) is 7.44. The zero-order valence-corrected chi connectivity index (χ0v) is 17.6. The molecule has 3 rings (SSSR count). The fourth-order valence-electron chi connectivity index (χ4n) is 3.35. The van der Waals surface area contributed by atoms with Gasteiger partial charge in [0, 0.05) is 15.7 Å². The van der Waals surface area contributed by atoms with Crippen LogP contribution in [0.25, 0.3) is 0 Å². The Kier molecular flexibility index (Phi) is 5.82. The fraction of sp³-hybridized carbons (Fsp3) is 0.429. The number of nitrogens with zero attached hydrogens (tertiary/aromatic N) is 2. The van der Waals surface area contributed by atoms with Crippen molar-refractivity contribution >= 4 is 28.1 Å². The van der Waals surface area contributed by atoms with Crippen LogP contribution in [0.2, 0.25) is 0 Å².